The van der Waals surface area contributed by atoms with Gasteiger partial charge in [-0.25, -0.2) is 0 Å². The summed E-state index contributed by atoms with van der Waals surface area (Å²) in [6.45, 7) is 2.82. The third-order valence-corrected chi connectivity index (χ3v) is 2.93. The fourth-order valence-electron chi connectivity index (χ4n) is 1.97. The quantitative estimate of drug-likeness (QED) is 0.629. The van der Waals surface area contributed by atoms with E-state index in [1.54, 1.807) is 0 Å². The van der Waals surface area contributed by atoms with Gasteiger partial charge in [-0.05, 0) is 19.9 Å². The Morgan fingerprint density at radius 1 is 1.19 bits per heavy atom. The Bertz CT molecular complexity index is 765. The van der Waals surface area contributed by atoms with E-state index in [-0.39, 0.29) is 28.3 Å². The number of aromatic nitrogens is 2. The minimum absolute atomic E-state index is 0.0321. The molecule has 9 heteroatoms. The first-order chi connectivity index (χ1) is 9.82. The van der Waals surface area contributed by atoms with Gasteiger partial charge in [-0.15, -0.1) is 0 Å². The van der Waals surface area contributed by atoms with Gasteiger partial charge in [-0.1, -0.05) is 6.07 Å². The summed E-state index contributed by atoms with van der Waals surface area (Å²) in [7, 11) is 0. The largest absolute Gasteiger partial charge is 0.313 e. The zero-order valence-electron chi connectivity index (χ0n) is 11.1. The molecule has 0 atom stereocenters. The summed E-state index contributed by atoms with van der Waals surface area (Å²) in [6.07, 6.45) is 0. The van der Waals surface area contributed by atoms with Crippen LogP contribution in [0.4, 0.5) is 11.4 Å². The Kier molecular flexibility index (Phi) is 3.49. The Balaban J connectivity index is 2.51. The molecule has 2 aromatic rings. The zero-order chi connectivity index (χ0) is 15.7. The first-order valence-electron chi connectivity index (χ1n) is 5.82. The lowest BCUT2D eigenvalue weighted by Crippen LogP contribution is -2.15. The maximum atomic E-state index is 12.3. The van der Waals surface area contributed by atoms with Gasteiger partial charge in [0.2, 0.25) is 0 Å². The number of carbonyl (C=O) groups is 1. The average molecular weight is 290 g/mol. The van der Waals surface area contributed by atoms with Crippen LogP contribution < -0.4 is 0 Å². The van der Waals surface area contributed by atoms with Gasteiger partial charge in [0.15, 0.2) is 0 Å². The normalized spacial score (nSPS) is 10.4. The van der Waals surface area contributed by atoms with E-state index in [1.165, 1.54) is 32.0 Å². The molecular weight excluding hydrogens is 280 g/mol. The van der Waals surface area contributed by atoms with Gasteiger partial charge in [0.25, 0.3) is 11.6 Å². The second-order valence-corrected chi connectivity index (χ2v) is 4.30. The van der Waals surface area contributed by atoms with Crippen molar-refractivity contribution in [3.8, 4) is 0 Å². The molecule has 108 valence electrons. The monoisotopic (exact) mass is 290 g/mol. The number of nitro benzene ring substituents is 1. The molecule has 21 heavy (non-hydrogen) atoms. The van der Waals surface area contributed by atoms with E-state index in [0.29, 0.717) is 0 Å². The second-order valence-electron chi connectivity index (χ2n) is 4.30. The van der Waals surface area contributed by atoms with Crippen LogP contribution in [0, 0.1) is 34.1 Å². The third-order valence-electron chi connectivity index (χ3n) is 2.93. The summed E-state index contributed by atoms with van der Waals surface area (Å²) >= 11 is 0. The minimum atomic E-state index is -0.660. The number of aryl methyl sites for hydroxylation is 1. The second kappa shape index (κ2) is 5.12. The van der Waals surface area contributed by atoms with Crippen molar-refractivity contribution in [2.45, 2.75) is 13.8 Å². The van der Waals surface area contributed by atoms with Gasteiger partial charge < -0.3 is 0 Å². The summed E-state index contributed by atoms with van der Waals surface area (Å²) in [6, 6.07) is 5.11. The molecule has 0 saturated carbocycles. The molecule has 0 unspecified atom stereocenters. The highest BCUT2D eigenvalue weighted by Crippen LogP contribution is 2.23. The highest BCUT2D eigenvalue weighted by atomic mass is 16.6. The van der Waals surface area contributed by atoms with Crippen LogP contribution in [0.3, 0.4) is 0 Å². The highest BCUT2D eigenvalue weighted by Gasteiger charge is 2.26. The molecule has 1 aromatic carbocycles. The van der Waals surface area contributed by atoms with Crippen LogP contribution in [0.15, 0.2) is 24.3 Å². The molecule has 0 fully saturated rings. The van der Waals surface area contributed by atoms with Gasteiger partial charge in [0.05, 0.1) is 9.85 Å². The molecule has 0 bridgehead atoms. The smallest absolute Gasteiger partial charge is 0.267 e. The van der Waals surface area contributed by atoms with Crippen molar-refractivity contribution in [1.82, 2.24) is 9.78 Å². The highest BCUT2D eigenvalue weighted by molar-refractivity contribution is 5.96. The molecule has 1 heterocycles. The molecule has 0 saturated heterocycles. The van der Waals surface area contributed by atoms with Crippen LogP contribution >= 0.6 is 0 Å². The molecule has 0 amide bonds. The Labute approximate surface area is 118 Å². The molecule has 0 aliphatic heterocycles. The number of hydrogen-bond donors (Lipinski definition) is 0. The first kappa shape index (κ1) is 14.3. The summed E-state index contributed by atoms with van der Waals surface area (Å²) in [5.41, 5.74) is -0.263. The molecule has 1 aromatic heterocycles. The minimum Gasteiger partial charge on any atom is -0.267 e. The predicted octanol–water partition coefficient (Wildman–Crippen LogP) is 2.00. The van der Waals surface area contributed by atoms with Crippen LogP contribution in [0.2, 0.25) is 0 Å². The number of carbonyl (C=O) groups excluding carboxylic acids is 1. The maximum absolute atomic E-state index is 12.3. The predicted molar refractivity (Wildman–Crippen MR) is 71.2 cm³/mol. The fraction of sp³-hybridized carbons (Fsp3) is 0.167. The number of non-ortho nitro benzene ring substituents is 1. The molecule has 9 nitrogen and oxygen atoms in total. The van der Waals surface area contributed by atoms with Crippen molar-refractivity contribution in [3.05, 3.63) is 61.4 Å². The molecule has 0 spiro atoms. The summed E-state index contributed by atoms with van der Waals surface area (Å²) < 4.78 is 0.881. The molecule has 0 aliphatic carbocycles. The molecule has 2 rings (SSSR count). The van der Waals surface area contributed by atoms with Crippen LogP contribution in [0.5, 0.6) is 0 Å². The lowest BCUT2D eigenvalue weighted by molar-refractivity contribution is -0.386. The van der Waals surface area contributed by atoms with Crippen LogP contribution in [-0.2, 0) is 0 Å². The Morgan fingerprint density at radius 2 is 1.86 bits per heavy atom. The lowest BCUT2D eigenvalue weighted by Gasteiger charge is -2.02. The summed E-state index contributed by atoms with van der Waals surface area (Å²) in [4.78, 5) is 32.7. The number of nitrogens with zero attached hydrogens (tertiary/aromatic N) is 4. The molecular formula is C12H10N4O5. The molecule has 0 aliphatic rings. The van der Waals surface area contributed by atoms with E-state index in [2.05, 4.69) is 5.10 Å². The zero-order valence-corrected chi connectivity index (χ0v) is 11.1. The van der Waals surface area contributed by atoms with E-state index in [1.807, 2.05) is 0 Å². The average Bonchev–Trinajstić information content (AvgIpc) is 2.73. The van der Waals surface area contributed by atoms with Crippen LogP contribution in [0.1, 0.15) is 21.7 Å². The van der Waals surface area contributed by atoms with Gasteiger partial charge >= 0.3 is 5.69 Å². The van der Waals surface area contributed by atoms with E-state index in [9.17, 15) is 25.0 Å². The van der Waals surface area contributed by atoms with Crippen molar-refractivity contribution < 1.29 is 14.6 Å². The Morgan fingerprint density at radius 3 is 2.38 bits per heavy atom. The van der Waals surface area contributed by atoms with Crippen molar-refractivity contribution in [2.24, 2.45) is 0 Å². The maximum Gasteiger partial charge on any atom is 0.313 e. The number of rotatable bonds is 3. The van der Waals surface area contributed by atoms with E-state index in [0.717, 1.165) is 10.7 Å². The van der Waals surface area contributed by atoms with E-state index in [4.69, 9.17) is 0 Å². The lowest BCUT2D eigenvalue weighted by atomic mass is 10.2. The summed E-state index contributed by atoms with van der Waals surface area (Å²) in [5, 5.41) is 25.5. The van der Waals surface area contributed by atoms with Gasteiger partial charge in [0.1, 0.15) is 11.4 Å². The van der Waals surface area contributed by atoms with E-state index < -0.39 is 15.8 Å². The number of nitro groups is 2. The van der Waals surface area contributed by atoms with Crippen LogP contribution in [0.25, 0.3) is 0 Å². The van der Waals surface area contributed by atoms with Gasteiger partial charge in [0, 0.05) is 17.7 Å². The van der Waals surface area contributed by atoms with Crippen molar-refractivity contribution in [2.75, 3.05) is 0 Å². The standard InChI is InChI=1S/C12H10N4O5/c1-7-11(16(20)21)8(2)14(13-7)12(17)9-4-3-5-10(6-9)15(18)19/h3-6H,1-2H3. The Hall–Kier alpha value is -3.10. The molecule has 0 radical (unpaired) electrons. The number of benzene rings is 1. The third kappa shape index (κ3) is 2.48. The van der Waals surface area contributed by atoms with Crippen molar-refractivity contribution >= 4 is 17.3 Å². The van der Waals surface area contributed by atoms with Gasteiger partial charge in [-0.2, -0.15) is 9.78 Å². The van der Waals surface area contributed by atoms with Crippen molar-refractivity contribution in [3.63, 3.8) is 0 Å². The topological polar surface area (TPSA) is 121 Å². The number of hydrogen-bond acceptors (Lipinski definition) is 6. The first-order valence-corrected chi connectivity index (χ1v) is 5.82. The SMILES string of the molecule is Cc1nn(C(=O)c2cccc([N+](=O)[O-])c2)c(C)c1[N+](=O)[O-]. The molecule has 0 N–H and O–H groups in total. The van der Waals surface area contributed by atoms with Crippen LogP contribution in [-0.4, -0.2) is 25.5 Å². The van der Waals surface area contributed by atoms with Crippen molar-refractivity contribution in [1.29, 1.82) is 0 Å². The fourth-order valence-corrected chi connectivity index (χ4v) is 1.97. The van der Waals surface area contributed by atoms with E-state index >= 15 is 0 Å². The summed E-state index contributed by atoms with van der Waals surface area (Å²) in [5.74, 6) is -0.660. The van der Waals surface area contributed by atoms with Gasteiger partial charge in [-0.3, -0.25) is 25.0 Å².